The van der Waals surface area contributed by atoms with Crippen LogP contribution < -0.4 is 11.1 Å². The van der Waals surface area contributed by atoms with E-state index >= 15 is 0 Å². The van der Waals surface area contributed by atoms with Crippen molar-refractivity contribution in [2.45, 2.75) is 32.4 Å². The van der Waals surface area contributed by atoms with Crippen molar-refractivity contribution >= 4 is 5.91 Å². The Labute approximate surface area is 85.5 Å². The van der Waals surface area contributed by atoms with Crippen LogP contribution in [0, 0.1) is 0 Å². The van der Waals surface area contributed by atoms with E-state index in [-0.39, 0.29) is 12.0 Å². The topological polar surface area (TPSA) is 64.4 Å². The number of nitrogens with two attached hydrogens (primary N) is 1. The fourth-order valence-electron chi connectivity index (χ4n) is 1.01. The van der Waals surface area contributed by atoms with Crippen LogP contribution >= 0.6 is 0 Å². The van der Waals surface area contributed by atoms with Crippen molar-refractivity contribution in [3.8, 4) is 0 Å². The molecule has 0 aliphatic carbocycles. The molecule has 2 atom stereocenters. The number of amides is 1. The highest BCUT2D eigenvalue weighted by molar-refractivity contribution is 5.81. The first-order valence-electron chi connectivity index (χ1n) is 4.87. The predicted molar refractivity (Wildman–Crippen MR) is 56.9 cm³/mol. The highest BCUT2D eigenvalue weighted by Gasteiger charge is 2.11. The van der Waals surface area contributed by atoms with E-state index in [1.54, 1.807) is 6.08 Å². The molecule has 0 rings (SSSR count). The van der Waals surface area contributed by atoms with E-state index in [9.17, 15) is 4.79 Å². The average Bonchev–Trinajstić information content (AvgIpc) is 2.15. The minimum absolute atomic E-state index is 0.0277. The molecule has 0 aliphatic heterocycles. The Balaban J connectivity index is 3.66. The molecule has 0 aromatic carbocycles. The van der Waals surface area contributed by atoms with Crippen molar-refractivity contribution in [3.05, 3.63) is 12.7 Å². The molecule has 0 aromatic rings. The third kappa shape index (κ3) is 5.72. The smallest absolute Gasteiger partial charge is 0.237 e. The number of nitrogens with one attached hydrogen (secondary N) is 1. The summed E-state index contributed by atoms with van der Waals surface area (Å²) in [6.07, 6.45) is 2.16. The maximum absolute atomic E-state index is 11.3. The molecule has 0 saturated heterocycles. The van der Waals surface area contributed by atoms with Crippen molar-refractivity contribution < 1.29 is 9.53 Å². The van der Waals surface area contributed by atoms with E-state index in [1.165, 1.54) is 0 Å². The molecule has 3 N–H and O–H groups in total. The number of rotatable bonds is 7. The first kappa shape index (κ1) is 13.1. The Morgan fingerprint density at radius 3 is 2.86 bits per heavy atom. The van der Waals surface area contributed by atoms with E-state index < -0.39 is 6.04 Å². The van der Waals surface area contributed by atoms with E-state index in [1.807, 2.05) is 13.8 Å². The molecule has 0 saturated carbocycles. The van der Waals surface area contributed by atoms with Crippen LogP contribution in [0.5, 0.6) is 0 Å². The van der Waals surface area contributed by atoms with E-state index in [2.05, 4.69) is 11.9 Å². The minimum Gasteiger partial charge on any atom is -0.377 e. The fourth-order valence-corrected chi connectivity index (χ4v) is 1.01. The van der Waals surface area contributed by atoms with E-state index in [4.69, 9.17) is 10.5 Å². The highest BCUT2D eigenvalue weighted by Crippen LogP contribution is 1.91. The molecule has 0 fully saturated rings. The summed E-state index contributed by atoms with van der Waals surface area (Å²) < 4.78 is 5.26. The van der Waals surface area contributed by atoms with Gasteiger partial charge in [-0.1, -0.05) is 6.08 Å². The minimum atomic E-state index is -0.499. The summed E-state index contributed by atoms with van der Waals surface area (Å²) in [4.78, 5) is 11.3. The lowest BCUT2D eigenvalue weighted by atomic mass is 10.2. The lowest BCUT2D eigenvalue weighted by molar-refractivity contribution is -0.122. The van der Waals surface area contributed by atoms with Gasteiger partial charge in [0.15, 0.2) is 0 Å². The molecule has 4 heteroatoms. The molecule has 4 nitrogen and oxygen atoms in total. The molecule has 82 valence electrons. The summed E-state index contributed by atoms with van der Waals surface area (Å²) in [7, 11) is 0. The Kier molecular flexibility index (Phi) is 7.06. The van der Waals surface area contributed by atoms with Crippen LogP contribution in [0.4, 0.5) is 0 Å². The van der Waals surface area contributed by atoms with Gasteiger partial charge in [0.1, 0.15) is 0 Å². The van der Waals surface area contributed by atoms with Gasteiger partial charge in [0.05, 0.1) is 12.1 Å². The summed E-state index contributed by atoms with van der Waals surface area (Å²) in [5, 5.41) is 2.72. The number of carbonyl (C=O) groups is 1. The van der Waals surface area contributed by atoms with Gasteiger partial charge >= 0.3 is 0 Å². The summed E-state index contributed by atoms with van der Waals surface area (Å²) in [6.45, 7) is 8.49. The maximum Gasteiger partial charge on any atom is 0.237 e. The van der Waals surface area contributed by atoms with Crippen LogP contribution in [0.3, 0.4) is 0 Å². The molecule has 0 aliphatic rings. The molecule has 14 heavy (non-hydrogen) atoms. The third-order valence-electron chi connectivity index (χ3n) is 1.77. The van der Waals surface area contributed by atoms with Gasteiger partial charge < -0.3 is 15.8 Å². The van der Waals surface area contributed by atoms with Crippen molar-refractivity contribution in [1.82, 2.24) is 5.32 Å². The van der Waals surface area contributed by atoms with Gasteiger partial charge in [-0.25, -0.2) is 0 Å². The summed E-state index contributed by atoms with van der Waals surface area (Å²) in [5.41, 5.74) is 5.56. The van der Waals surface area contributed by atoms with Gasteiger partial charge in [-0.3, -0.25) is 4.79 Å². The van der Waals surface area contributed by atoms with Crippen LogP contribution in [0.1, 0.15) is 20.3 Å². The zero-order valence-electron chi connectivity index (χ0n) is 8.95. The number of hydrogen-bond acceptors (Lipinski definition) is 3. The predicted octanol–water partition coefficient (Wildman–Crippen LogP) is 0.431. The van der Waals surface area contributed by atoms with Gasteiger partial charge in [-0.2, -0.15) is 0 Å². The van der Waals surface area contributed by atoms with Crippen molar-refractivity contribution in [3.63, 3.8) is 0 Å². The van der Waals surface area contributed by atoms with Gasteiger partial charge in [0.25, 0.3) is 0 Å². The molecule has 2 unspecified atom stereocenters. The van der Waals surface area contributed by atoms with Crippen LogP contribution in [0.15, 0.2) is 12.7 Å². The standard InChI is InChI=1S/C10H20N2O2/c1-4-6-9(11)10(13)12-7-8(3)14-5-2/h4,8-9H,1,5-7,11H2,2-3H3,(H,12,13). The molecule has 0 heterocycles. The number of hydrogen-bond donors (Lipinski definition) is 2. The SMILES string of the molecule is C=CCC(N)C(=O)NCC(C)OCC. The molecule has 0 radical (unpaired) electrons. The monoisotopic (exact) mass is 200 g/mol. The Morgan fingerprint density at radius 2 is 2.36 bits per heavy atom. The van der Waals surface area contributed by atoms with Crippen molar-refractivity contribution in [2.24, 2.45) is 5.73 Å². The molecule has 0 spiro atoms. The zero-order valence-corrected chi connectivity index (χ0v) is 8.95. The third-order valence-corrected chi connectivity index (χ3v) is 1.77. The Hall–Kier alpha value is -0.870. The lowest BCUT2D eigenvalue weighted by Crippen LogP contribution is -2.43. The van der Waals surface area contributed by atoms with Gasteiger partial charge in [-0.15, -0.1) is 6.58 Å². The average molecular weight is 200 g/mol. The molecular weight excluding hydrogens is 180 g/mol. The number of carbonyl (C=O) groups excluding carboxylic acids is 1. The molecule has 1 amide bonds. The van der Waals surface area contributed by atoms with Crippen LogP contribution in [0.2, 0.25) is 0 Å². The largest absolute Gasteiger partial charge is 0.377 e. The van der Waals surface area contributed by atoms with Crippen LogP contribution in [0.25, 0.3) is 0 Å². The second-order valence-electron chi connectivity index (χ2n) is 3.14. The normalized spacial score (nSPS) is 14.5. The van der Waals surface area contributed by atoms with Gasteiger partial charge in [0.2, 0.25) is 5.91 Å². The second kappa shape index (κ2) is 7.53. The highest BCUT2D eigenvalue weighted by atomic mass is 16.5. The molecule has 0 bridgehead atoms. The molecule has 0 aromatic heterocycles. The fraction of sp³-hybridized carbons (Fsp3) is 0.700. The number of ether oxygens (including phenoxy) is 1. The summed E-state index contributed by atoms with van der Waals surface area (Å²) in [5.74, 6) is -0.156. The van der Waals surface area contributed by atoms with Crippen molar-refractivity contribution in [2.75, 3.05) is 13.2 Å². The van der Waals surface area contributed by atoms with E-state index in [0.717, 1.165) is 0 Å². The quantitative estimate of drug-likeness (QED) is 0.586. The second-order valence-corrected chi connectivity index (χ2v) is 3.14. The van der Waals surface area contributed by atoms with Gasteiger partial charge in [0, 0.05) is 13.2 Å². The van der Waals surface area contributed by atoms with E-state index in [0.29, 0.717) is 19.6 Å². The molecular formula is C10H20N2O2. The Bertz CT molecular complexity index is 183. The van der Waals surface area contributed by atoms with Crippen LogP contribution in [-0.4, -0.2) is 31.2 Å². The summed E-state index contributed by atoms with van der Waals surface area (Å²) in [6, 6.07) is -0.499. The van der Waals surface area contributed by atoms with Gasteiger partial charge in [-0.05, 0) is 20.3 Å². The van der Waals surface area contributed by atoms with Crippen LogP contribution in [-0.2, 0) is 9.53 Å². The first-order chi connectivity index (χ1) is 6.61. The first-order valence-corrected chi connectivity index (χ1v) is 4.87. The maximum atomic E-state index is 11.3. The van der Waals surface area contributed by atoms with Crippen molar-refractivity contribution in [1.29, 1.82) is 0 Å². The lowest BCUT2D eigenvalue weighted by Gasteiger charge is -2.14. The summed E-state index contributed by atoms with van der Waals surface area (Å²) >= 11 is 0. The zero-order chi connectivity index (χ0) is 11.0. The Morgan fingerprint density at radius 1 is 1.71 bits per heavy atom.